The van der Waals surface area contributed by atoms with Crippen molar-refractivity contribution in [1.82, 2.24) is 15.3 Å². The van der Waals surface area contributed by atoms with Crippen LogP contribution < -0.4 is 5.32 Å². The number of hydrogen-bond donors (Lipinski definition) is 1. The Morgan fingerprint density at radius 1 is 1.10 bits per heavy atom. The predicted molar refractivity (Wildman–Crippen MR) is 89.8 cm³/mol. The van der Waals surface area contributed by atoms with Crippen molar-refractivity contribution in [3.05, 3.63) is 52.8 Å². The molecule has 1 aromatic heterocycles. The summed E-state index contributed by atoms with van der Waals surface area (Å²) in [5.74, 6) is 0.932. The van der Waals surface area contributed by atoms with E-state index in [1.807, 2.05) is 19.9 Å². The maximum atomic E-state index is 4.51. The third-order valence-electron chi connectivity index (χ3n) is 3.36. The molecule has 0 saturated heterocycles. The molecule has 0 aliphatic carbocycles. The van der Waals surface area contributed by atoms with Gasteiger partial charge in [-0.3, -0.25) is 0 Å². The smallest absolute Gasteiger partial charge is 0.188 e. The number of nitrogens with one attached hydrogen (secondary N) is 1. The minimum atomic E-state index is 0.325. The van der Waals surface area contributed by atoms with Crippen molar-refractivity contribution < 1.29 is 0 Å². The van der Waals surface area contributed by atoms with Gasteiger partial charge in [-0.15, -0.1) is 0 Å². The minimum absolute atomic E-state index is 0.325. The second-order valence-electron chi connectivity index (χ2n) is 5.21. The maximum Gasteiger partial charge on any atom is 0.188 e. The molecule has 0 aliphatic heterocycles. The molecule has 21 heavy (non-hydrogen) atoms. The summed E-state index contributed by atoms with van der Waals surface area (Å²) in [4.78, 5) is 9.01. The second kappa shape index (κ2) is 7.57. The number of thioether (sulfide) groups is 1. The highest BCUT2D eigenvalue weighted by molar-refractivity contribution is 7.99. The molecular weight excluding hydrogens is 278 g/mol. The normalized spacial score (nSPS) is 12.4. The zero-order chi connectivity index (χ0) is 15.2. The average Bonchev–Trinajstić information content (AvgIpc) is 2.43. The van der Waals surface area contributed by atoms with E-state index < -0.39 is 0 Å². The van der Waals surface area contributed by atoms with Gasteiger partial charge in [-0.1, -0.05) is 43.0 Å². The van der Waals surface area contributed by atoms with Crippen LogP contribution >= 0.6 is 11.8 Å². The summed E-state index contributed by atoms with van der Waals surface area (Å²) in [6, 6.07) is 10.9. The Morgan fingerprint density at radius 2 is 1.76 bits per heavy atom. The summed E-state index contributed by atoms with van der Waals surface area (Å²) in [5, 5.41) is 4.43. The molecule has 1 heterocycles. The van der Waals surface area contributed by atoms with E-state index in [-0.39, 0.29) is 0 Å². The van der Waals surface area contributed by atoms with Crippen LogP contribution in [0.3, 0.4) is 0 Å². The molecule has 0 saturated carbocycles. The number of rotatable bonds is 6. The first kappa shape index (κ1) is 16.0. The molecule has 3 nitrogen and oxygen atoms in total. The van der Waals surface area contributed by atoms with Gasteiger partial charge in [-0.25, -0.2) is 9.97 Å². The Morgan fingerprint density at radius 3 is 2.38 bits per heavy atom. The van der Waals surface area contributed by atoms with Crippen molar-refractivity contribution >= 4 is 11.8 Å². The summed E-state index contributed by atoms with van der Waals surface area (Å²) in [5.41, 5.74) is 4.74. The van der Waals surface area contributed by atoms with Gasteiger partial charge in [-0.05, 0) is 44.5 Å². The lowest BCUT2D eigenvalue weighted by atomic mass is 10.0. The summed E-state index contributed by atoms with van der Waals surface area (Å²) in [6.45, 7) is 9.29. The van der Waals surface area contributed by atoms with E-state index in [0.29, 0.717) is 6.04 Å². The Labute approximate surface area is 131 Å². The Kier molecular flexibility index (Phi) is 5.76. The molecule has 112 valence electrons. The first-order chi connectivity index (χ1) is 10.1. The van der Waals surface area contributed by atoms with Crippen molar-refractivity contribution in [3.63, 3.8) is 0 Å². The van der Waals surface area contributed by atoms with E-state index in [1.165, 1.54) is 11.1 Å². The van der Waals surface area contributed by atoms with Crippen molar-refractivity contribution in [1.29, 1.82) is 0 Å². The number of aromatic nitrogens is 2. The number of hydrogen-bond acceptors (Lipinski definition) is 4. The van der Waals surface area contributed by atoms with Gasteiger partial charge in [0, 0.05) is 23.2 Å². The largest absolute Gasteiger partial charge is 0.309 e. The zero-order valence-corrected chi connectivity index (χ0v) is 14.0. The zero-order valence-electron chi connectivity index (χ0n) is 13.2. The van der Waals surface area contributed by atoms with Crippen LogP contribution in [0.25, 0.3) is 0 Å². The molecule has 1 aromatic carbocycles. The van der Waals surface area contributed by atoms with Crippen LogP contribution in [0.4, 0.5) is 0 Å². The average molecular weight is 301 g/mol. The predicted octanol–water partition coefficient (Wildman–Crippen LogP) is 3.84. The van der Waals surface area contributed by atoms with Crippen molar-refractivity contribution in [3.8, 4) is 0 Å². The molecule has 0 fully saturated rings. The van der Waals surface area contributed by atoms with Gasteiger partial charge in [0.05, 0.1) is 0 Å². The fourth-order valence-electron chi connectivity index (χ4n) is 2.40. The summed E-state index contributed by atoms with van der Waals surface area (Å²) in [7, 11) is 0. The molecule has 1 atom stereocenters. The van der Waals surface area contributed by atoms with E-state index in [0.717, 1.165) is 28.8 Å². The van der Waals surface area contributed by atoms with E-state index in [1.54, 1.807) is 11.8 Å². The lowest BCUT2D eigenvalue weighted by molar-refractivity contribution is 0.602. The highest BCUT2D eigenvalue weighted by Gasteiger charge is 2.13. The van der Waals surface area contributed by atoms with Gasteiger partial charge in [-0.2, -0.15) is 0 Å². The van der Waals surface area contributed by atoms with Crippen LogP contribution in [0, 0.1) is 20.8 Å². The molecule has 2 aromatic rings. The van der Waals surface area contributed by atoms with E-state index in [9.17, 15) is 0 Å². The van der Waals surface area contributed by atoms with Crippen molar-refractivity contribution in [2.75, 3.05) is 12.3 Å². The third kappa shape index (κ3) is 4.55. The summed E-state index contributed by atoms with van der Waals surface area (Å²) >= 11 is 1.72. The van der Waals surface area contributed by atoms with Gasteiger partial charge < -0.3 is 5.32 Å². The topological polar surface area (TPSA) is 37.8 Å². The van der Waals surface area contributed by atoms with Crippen LogP contribution in [0.2, 0.25) is 0 Å². The standard InChI is InChI=1S/C17H23N3S/c1-5-18-16(15-9-7-6-8-12(15)2)11-21-17-19-13(3)10-14(4)20-17/h6-10,16,18H,5,11H2,1-4H3. The van der Waals surface area contributed by atoms with Crippen LogP contribution in [-0.2, 0) is 0 Å². The van der Waals surface area contributed by atoms with E-state index in [2.05, 4.69) is 53.4 Å². The molecule has 1 N–H and O–H groups in total. The molecular formula is C17H23N3S. The van der Waals surface area contributed by atoms with Gasteiger partial charge in [0.15, 0.2) is 5.16 Å². The molecule has 4 heteroatoms. The fraction of sp³-hybridized carbons (Fsp3) is 0.412. The summed E-state index contributed by atoms with van der Waals surface area (Å²) in [6.07, 6.45) is 0. The fourth-order valence-corrected chi connectivity index (χ4v) is 3.43. The van der Waals surface area contributed by atoms with Gasteiger partial charge in [0.25, 0.3) is 0 Å². The number of nitrogens with zero attached hydrogens (tertiary/aromatic N) is 2. The highest BCUT2D eigenvalue weighted by atomic mass is 32.2. The first-order valence-corrected chi connectivity index (χ1v) is 8.32. The molecule has 0 amide bonds. The van der Waals surface area contributed by atoms with Crippen LogP contribution in [0.1, 0.15) is 35.5 Å². The second-order valence-corrected chi connectivity index (χ2v) is 6.20. The van der Waals surface area contributed by atoms with Gasteiger partial charge >= 0.3 is 0 Å². The lowest BCUT2D eigenvalue weighted by Crippen LogP contribution is -2.23. The van der Waals surface area contributed by atoms with Crippen molar-refractivity contribution in [2.24, 2.45) is 0 Å². The van der Waals surface area contributed by atoms with Gasteiger partial charge in [0.1, 0.15) is 0 Å². The lowest BCUT2D eigenvalue weighted by Gasteiger charge is -2.19. The third-order valence-corrected chi connectivity index (χ3v) is 4.30. The van der Waals surface area contributed by atoms with Crippen LogP contribution in [0.15, 0.2) is 35.5 Å². The molecule has 2 rings (SSSR count). The molecule has 0 radical (unpaired) electrons. The first-order valence-electron chi connectivity index (χ1n) is 7.34. The van der Waals surface area contributed by atoms with Crippen LogP contribution in [0.5, 0.6) is 0 Å². The molecule has 0 aliphatic rings. The van der Waals surface area contributed by atoms with E-state index in [4.69, 9.17) is 0 Å². The summed E-state index contributed by atoms with van der Waals surface area (Å²) < 4.78 is 0. The van der Waals surface area contributed by atoms with Crippen molar-refractivity contribution in [2.45, 2.75) is 38.9 Å². The molecule has 0 bridgehead atoms. The monoisotopic (exact) mass is 301 g/mol. The number of benzene rings is 1. The Bertz CT molecular complexity index is 578. The highest BCUT2D eigenvalue weighted by Crippen LogP contribution is 2.24. The van der Waals surface area contributed by atoms with Gasteiger partial charge in [0.2, 0.25) is 0 Å². The quantitative estimate of drug-likeness (QED) is 0.650. The SMILES string of the molecule is CCNC(CSc1nc(C)cc(C)n1)c1ccccc1C. The van der Waals surface area contributed by atoms with Crippen LogP contribution in [-0.4, -0.2) is 22.3 Å². The maximum absolute atomic E-state index is 4.51. The Hall–Kier alpha value is -1.39. The number of aryl methyl sites for hydroxylation is 3. The minimum Gasteiger partial charge on any atom is -0.309 e. The molecule has 1 unspecified atom stereocenters. The van der Waals surface area contributed by atoms with E-state index >= 15 is 0 Å². The Balaban J connectivity index is 2.12. The molecule has 0 spiro atoms.